The number of aromatic nitrogens is 1. The van der Waals surface area contributed by atoms with Crippen LogP contribution in [0.5, 0.6) is 0 Å². The van der Waals surface area contributed by atoms with Gasteiger partial charge in [0.15, 0.2) is 0 Å². The number of alkyl carbamates (subject to hydrolysis) is 1. The largest absolute Gasteiger partial charge is 0.444 e. The minimum absolute atomic E-state index is 0.0732. The number of ether oxygens (including phenoxy) is 3. The third-order valence-electron chi connectivity index (χ3n) is 8.07. The minimum atomic E-state index is -1.69. The number of benzene rings is 2. The van der Waals surface area contributed by atoms with Gasteiger partial charge in [0, 0.05) is 12.1 Å². The lowest BCUT2D eigenvalue weighted by atomic mass is 9.79. The number of nitrogens with one attached hydrogen (secondary N) is 2. The van der Waals surface area contributed by atoms with Crippen LogP contribution in [0.25, 0.3) is 0 Å². The highest BCUT2D eigenvalue weighted by Crippen LogP contribution is 2.35. The lowest BCUT2D eigenvalue weighted by Crippen LogP contribution is -2.56. The second kappa shape index (κ2) is 16.1. The Bertz CT molecular complexity index is 1630. The molecule has 1 aliphatic rings. The van der Waals surface area contributed by atoms with Gasteiger partial charge in [0.2, 0.25) is 5.91 Å². The summed E-state index contributed by atoms with van der Waals surface area (Å²) in [7, 11) is 0. The smallest absolute Gasteiger partial charge is 0.410 e. The van der Waals surface area contributed by atoms with Crippen LogP contribution in [0.3, 0.4) is 0 Å². The second-order valence-corrected chi connectivity index (χ2v) is 14.4. The van der Waals surface area contributed by atoms with Crippen molar-refractivity contribution in [2.45, 2.75) is 89.7 Å². The molecule has 11 nitrogen and oxygen atoms in total. The number of rotatable bonds is 10. The highest BCUT2D eigenvalue weighted by atomic mass is 19.1. The fourth-order valence-electron chi connectivity index (χ4n) is 5.74. The summed E-state index contributed by atoms with van der Waals surface area (Å²) in [5.41, 5.74) is 3.38. The molecule has 2 heterocycles. The van der Waals surface area contributed by atoms with Crippen molar-refractivity contribution in [3.8, 4) is 0 Å². The molecule has 1 fully saturated rings. The number of anilines is 1. The van der Waals surface area contributed by atoms with Crippen LogP contribution in [0.15, 0.2) is 60.9 Å². The first-order valence-corrected chi connectivity index (χ1v) is 16.7. The molecule has 0 unspecified atom stereocenters. The normalized spacial score (nSPS) is 16.7. The van der Waals surface area contributed by atoms with Crippen LogP contribution >= 0.6 is 0 Å². The monoisotopic (exact) mass is 713 g/mol. The minimum Gasteiger partial charge on any atom is -0.444 e. The Morgan fingerprint density at radius 2 is 1.47 bits per heavy atom. The van der Waals surface area contributed by atoms with E-state index in [1.165, 1.54) is 59.6 Å². The van der Waals surface area contributed by atoms with Gasteiger partial charge in [-0.15, -0.1) is 0 Å². The molecule has 3 aromatic rings. The number of carbonyl (C=O) groups is 3. The summed E-state index contributed by atoms with van der Waals surface area (Å²) in [5.74, 6) is -2.47. The van der Waals surface area contributed by atoms with E-state index in [1.807, 2.05) is 0 Å². The van der Waals surface area contributed by atoms with E-state index in [9.17, 15) is 23.2 Å². The van der Waals surface area contributed by atoms with E-state index < -0.39 is 64.8 Å². The van der Waals surface area contributed by atoms with Gasteiger partial charge < -0.3 is 30.6 Å². The summed E-state index contributed by atoms with van der Waals surface area (Å²) in [6.45, 7) is 10.8. The van der Waals surface area contributed by atoms with Crippen molar-refractivity contribution >= 4 is 23.8 Å². The van der Waals surface area contributed by atoms with Gasteiger partial charge in [-0.25, -0.2) is 22.8 Å². The molecule has 2 atom stereocenters. The molecular formula is C37H46F3N5O6. The zero-order chi connectivity index (χ0) is 37.6. The number of halogens is 3. The number of hydrogen-bond donors (Lipinski definition) is 3. The van der Waals surface area contributed by atoms with E-state index in [0.717, 1.165) is 6.20 Å². The number of carbonyl (C=O) groups excluding carboxylic acids is 3. The third-order valence-corrected chi connectivity index (χ3v) is 8.07. The molecule has 4 rings (SSSR count). The van der Waals surface area contributed by atoms with Crippen molar-refractivity contribution in [1.82, 2.24) is 15.2 Å². The first-order chi connectivity index (χ1) is 23.9. The number of nitrogens with zero attached hydrogens (tertiary/aromatic N) is 2. The quantitative estimate of drug-likeness (QED) is 0.226. The topological polar surface area (TPSA) is 145 Å². The average molecular weight is 714 g/mol. The van der Waals surface area contributed by atoms with Crippen LogP contribution in [0, 0.1) is 17.5 Å². The van der Waals surface area contributed by atoms with Gasteiger partial charge in [0.25, 0.3) is 0 Å². The average Bonchev–Trinajstić information content (AvgIpc) is 3.03. The van der Waals surface area contributed by atoms with Gasteiger partial charge in [0.1, 0.15) is 34.2 Å². The maximum Gasteiger partial charge on any atom is 0.410 e. The van der Waals surface area contributed by atoms with Crippen LogP contribution in [0.4, 0.5) is 28.4 Å². The Morgan fingerprint density at radius 1 is 0.902 bits per heavy atom. The number of amides is 3. The zero-order valence-corrected chi connectivity index (χ0v) is 29.7. The Balaban J connectivity index is 1.61. The predicted molar refractivity (Wildman–Crippen MR) is 184 cm³/mol. The number of hydrogen-bond acceptors (Lipinski definition) is 8. The summed E-state index contributed by atoms with van der Waals surface area (Å²) >= 11 is 0. The Kier molecular flexibility index (Phi) is 12.4. The molecule has 0 aliphatic carbocycles. The third kappa shape index (κ3) is 10.7. The molecule has 1 aliphatic heterocycles. The second-order valence-electron chi connectivity index (χ2n) is 14.4. The summed E-state index contributed by atoms with van der Waals surface area (Å²) in [6.07, 6.45) is 0.304. The summed E-state index contributed by atoms with van der Waals surface area (Å²) in [5, 5.41) is 5.50. The summed E-state index contributed by atoms with van der Waals surface area (Å²) < 4.78 is 60.6. The maximum absolute atomic E-state index is 15.3. The molecule has 51 heavy (non-hydrogen) atoms. The van der Waals surface area contributed by atoms with Crippen LogP contribution in [-0.2, 0) is 31.0 Å². The number of nitrogens with two attached hydrogens (primary N) is 1. The van der Waals surface area contributed by atoms with Gasteiger partial charge in [-0.05, 0) is 89.8 Å². The molecule has 0 saturated carbocycles. The van der Waals surface area contributed by atoms with Crippen molar-refractivity contribution in [2.75, 3.05) is 25.0 Å². The van der Waals surface area contributed by atoms with Gasteiger partial charge in [-0.2, -0.15) is 0 Å². The van der Waals surface area contributed by atoms with E-state index in [0.29, 0.717) is 11.1 Å². The Hall–Kier alpha value is -4.69. The molecule has 0 spiro atoms. The molecule has 2 aromatic carbocycles. The molecule has 4 N–H and O–H groups in total. The molecule has 276 valence electrons. The number of morpholine rings is 1. The number of pyridine rings is 1. The molecule has 0 radical (unpaired) electrons. The van der Waals surface area contributed by atoms with Gasteiger partial charge in [-0.3, -0.25) is 14.7 Å². The zero-order valence-electron chi connectivity index (χ0n) is 29.7. The van der Waals surface area contributed by atoms with Crippen molar-refractivity contribution in [1.29, 1.82) is 0 Å². The molecule has 3 amide bonds. The van der Waals surface area contributed by atoms with Crippen LogP contribution in [0.1, 0.15) is 71.1 Å². The Morgan fingerprint density at radius 3 is 2.00 bits per heavy atom. The lowest BCUT2D eigenvalue weighted by molar-refractivity contribution is -0.117. The van der Waals surface area contributed by atoms with Crippen LogP contribution < -0.4 is 16.4 Å². The van der Waals surface area contributed by atoms with Gasteiger partial charge in [0.05, 0.1) is 49.8 Å². The standard InChI is InChI=1S/C37H46F3N5O6/c1-35(2,3)50-33(47)44-37(23-7-11-25(38)12-8-23,24-9-13-26(39)14-10-24)17-32(46)43-31-20-42-19-30(40)29(31)16-15-28-21-45(27(18-41)22-49-28)34(48)51-36(4,5)6/h7-14,19-20,27-28H,15-18,21-22,41H2,1-6H3,(H,43,46)(H,44,47)/t27-,28-/m1/s1. The fourth-order valence-corrected chi connectivity index (χ4v) is 5.74. The van der Waals surface area contributed by atoms with Crippen LogP contribution in [0.2, 0.25) is 0 Å². The van der Waals surface area contributed by atoms with E-state index in [2.05, 4.69) is 15.6 Å². The summed E-state index contributed by atoms with van der Waals surface area (Å²) in [6, 6.07) is 9.90. The van der Waals surface area contributed by atoms with E-state index in [1.54, 1.807) is 41.5 Å². The van der Waals surface area contributed by atoms with Crippen molar-refractivity contribution < 1.29 is 41.8 Å². The van der Waals surface area contributed by atoms with Crippen molar-refractivity contribution in [3.63, 3.8) is 0 Å². The molecule has 14 heteroatoms. The fraction of sp³-hybridized carbons (Fsp3) is 0.459. The maximum atomic E-state index is 15.3. The van der Waals surface area contributed by atoms with E-state index in [4.69, 9.17) is 19.9 Å². The summed E-state index contributed by atoms with van der Waals surface area (Å²) in [4.78, 5) is 45.6. The van der Waals surface area contributed by atoms with Gasteiger partial charge >= 0.3 is 12.2 Å². The van der Waals surface area contributed by atoms with Gasteiger partial charge in [-0.1, -0.05) is 24.3 Å². The predicted octanol–water partition coefficient (Wildman–Crippen LogP) is 6.19. The van der Waals surface area contributed by atoms with Crippen LogP contribution in [-0.4, -0.2) is 71.0 Å². The molecule has 1 aromatic heterocycles. The first kappa shape index (κ1) is 39.1. The van der Waals surface area contributed by atoms with Crippen molar-refractivity contribution in [3.05, 3.63) is 95.1 Å². The Labute approximate surface area is 296 Å². The first-order valence-electron chi connectivity index (χ1n) is 16.7. The SMILES string of the molecule is CC(C)(C)OC(=O)NC(CC(=O)Nc1cncc(F)c1CC[C@@H]1CN(C(=O)OC(C)(C)C)[C@H](CN)CO1)(c1ccc(F)cc1)c1ccc(F)cc1. The highest BCUT2D eigenvalue weighted by molar-refractivity contribution is 5.93. The molecule has 0 bridgehead atoms. The van der Waals surface area contributed by atoms with Crippen molar-refractivity contribution in [2.24, 2.45) is 5.73 Å². The highest BCUT2D eigenvalue weighted by Gasteiger charge is 2.40. The lowest BCUT2D eigenvalue weighted by Gasteiger charge is -2.39. The molecular weight excluding hydrogens is 667 g/mol. The van der Waals surface area contributed by atoms with E-state index >= 15 is 4.39 Å². The van der Waals surface area contributed by atoms with E-state index in [-0.39, 0.29) is 49.8 Å². The molecule has 1 saturated heterocycles.